The molecule has 9 heteroatoms. The van der Waals surface area contributed by atoms with Gasteiger partial charge in [-0.1, -0.05) is 49.4 Å². The molecule has 0 fully saturated rings. The van der Waals surface area contributed by atoms with Crippen LogP contribution < -0.4 is 10.9 Å². The molecule has 0 radical (unpaired) electrons. The number of thioether (sulfide) groups is 1. The van der Waals surface area contributed by atoms with Gasteiger partial charge in [0.1, 0.15) is 10.8 Å². The van der Waals surface area contributed by atoms with Crippen LogP contribution >= 0.6 is 23.1 Å². The number of amides is 1. The van der Waals surface area contributed by atoms with Gasteiger partial charge in [-0.05, 0) is 30.2 Å². The standard InChI is InChI=1S/C23H21FN4O2S2/c1-14(2)11-20-27-28-21(29)12-15(25-23(28)32-20)13-31-19-10-6-5-9-18(19)26-22(30)16-7-3-4-8-17(16)24/h3-10,12,14H,11,13H2,1-2H3,(H,26,30). The molecule has 32 heavy (non-hydrogen) atoms. The highest BCUT2D eigenvalue weighted by Gasteiger charge is 2.14. The number of anilines is 1. The van der Waals surface area contributed by atoms with Crippen LogP contribution in [0.3, 0.4) is 0 Å². The zero-order chi connectivity index (χ0) is 22.7. The van der Waals surface area contributed by atoms with Gasteiger partial charge < -0.3 is 5.32 Å². The summed E-state index contributed by atoms with van der Waals surface area (Å²) >= 11 is 2.87. The van der Waals surface area contributed by atoms with Crippen LogP contribution in [-0.2, 0) is 12.2 Å². The van der Waals surface area contributed by atoms with Crippen molar-refractivity contribution >= 4 is 39.7 Å². The van der Waals surface area contributed by atoms with Crippen LogP contribution in [0.25, 0.3) is 4.96 Å². The Morgan fingerprint density at radius 1 is 1.19 bits per heavy atom. The summed E-state index contributed by atoms with van der Waals surface area (Å²) in [6.45, 7) is 4.21. The molecule has 2 heterocycles. The molecule has 164 valence electrons. The van der Waals surface area contributed by atoms with Crippen LogP contribution in [-0.4, -0.2) is 20.5 Å². The molecule has 0 aliphatic carbocycles. The fraction of sp³-hybridized carbons (Fsp3) is 0.217. The number of halogens is 1. The minimum atomic E-state index is -0.575. The van der Waals surface area contributed by atoms with Crippen molar-refractivity contribution in [1.82, 2.24) is 14.6 Å². The number of fused-ring (bicyclic) bond motifs is 1. The van der Waals surface area contributed by atoms with E-state index in [0.29, 0.717) is 28.0 Å². The summed E-state index contributed by atoms with van der Waals surface area (Å²) in [6, 6.07) is 14.6. The number of aromatic nitrogens is 3. The predicted octanol–water partition coefficient (Wildman–Crippen LogP) is 5.03. The van der Waals surface area contributed by atoms with Crippen molar-refractivity contribution < 1.29 is 9.18 Å². The van der Waals surface area contributed by atoms with Crippen molar-refractivity contribution in [2.75, 3.05) is 5.32 Å². The molecular weight excluding hydrogens is 447 g/mol. The normalized spacial score (nSPS) is 11.2. The Hall–Kier alpha value is -3.04. The molecule has 0 aliphatic rings. The highest BCUT2D eigenvalue weighted by atomic mass is 32.2. The Morgan fingerprint density at radius 2 is 1.94 bits per heavy atom. The lowest BCUT2D eigenvalue weighted by Crippen LogP contribution is -2.15. The minimum Gasteiger partial charge on any atom is -0.321 e. The van der Waals surface area contributed by atoms with E-state index in [1.165, 1.54) is 51.9 Å². The Labute approximate surface area is 192 Å². The topological polar surface area (TPSA) is 76.4 Å². The maximum atomic E-state index is 13.9. The summed E-state index contributed by atoms with van der Waals surface area (Å²) in [5, 5.41) is 8.03. The fourth-order valence-corrected chi connectivity index (χ4v) is 5.11. The van der Waals surface area contributed by atoms with Gasteiger partial charge in [0.2, 0.25) is 4.96 Å². The van der Waals surface area contributed by atoms with Gasteiger partial charge in [0.15, 0.2) is 0 Å². The zero-order valence-electron chi connectivity index (χ0n) is 17.5. The molecule has 0 bridgehead atoms. The van der Waals surface area contributed by atoms with E-state index in [1.807, 2.05) is 12.1 Å². The molecule has 2 aromatic carbocycles. The first-order valence-electron chi connectivity index (χ1n) is 10.1. The lowest BCUT2D eigenvalue weighted by molar-refractivity contribution is 0.102. The van der Waals surface area contributed by atoms with Gasteiger partial charge in [0.05, 0.1) is 16.9 Å². The van der Waals surface area contributed by atoms with Gasteiger partial charge in [-0.3, -0.25) is 9.59 Å². The number of hydrogen-bond donors (Lipinski definition) is 1. The Kier molecular flexibility index (Phi) is 6.66. The first-order chi connectivity index (χ1) is 15.4. The fourth-order valence-electron chi connectivity index (χ4n) is 3.08. The Bertz CT molecular complexity index is 1330. The molecule has 0 atom stereocenters. The monoisotopic (exact) mass is 468 g/mol. The number of hydrogen-bond acceptors (Lipinski definition) is 6. The summed E-state index contributed by atoms with van der Waals surface area (Å²) in [5.41, 5.74) is 0.975. The van der Waals surface area contributed by atoms with Gasteiger partial charge in [-0.25, -0.2) is 9.37 Å². The third kappa shape index (κ3) is 5.05. The molecule has 0 saturated carbocycles. The van der Waals surface area contributed by atoms with Crippen LogP contribution in [0, 0.1) is 11.7 Å². The number of nitrogens with one attached hydrogen (secondary N) is 1. The Balaban J connectivity index is 1.52. The van der Waals surface area contributed by atoms with E-state index in [2.05, 4.69) is 29.2 Å². The smallest absolute Gasteiger partial charge is 0.275 e. The summed E-state index contributed by atoms with van der Waals surface area (Å²) in [7, 11) is 0. The van der Waals surface area contributed by atoms with Crippen molar-refractivity contribution in [3.63, 3.8) is 0 Å². The van der Waals surface area contributed by atoms with E-state index in [0.717, 1.165) is 16.3 Å². The lowest BCUT2D eigenvalue weighted by Gasteiger charge is -2.11. The highest BCUT2D eigenvalue weighted by Crippen LogP contribution is 2.30. The third-order valence-electron chi connectivity index (χ3n) is 4.55. The van der Waals surface area contributed by atoms with Crippen molar-refractivity contribution in [2.24, 2.45) is 5.92 Å². The largest absolute Gasteiger partial charge is 0.321 e. The third-order valence-corrected chi connectivity index (χ3v) is 6.59. The van der Waals surface area contributed by atoms with E-state index in [9.17, 15) is 14.0 Å². The van der Waals surface area contributed by atoms with E-state index in [1.54, 1.807) is 18.2 Å². The van der Waals surface area contributed by atoms with E-state index in [4.69, 9.17) is 0 Å². The maximum Gasteiger partial charge on any atom is 0.275 e. The summed E-state index contributed by atoms with van der Waals surface area (Å²) in [4.78, 5) is 30.9. The molecule has 1 amide bonds. The van der Waals surface area contributed by atoms with E-state index >= 15 is 0 Å². The Morgan fingerprint density at radius 3 is 2.72 bits per heavy atom. The number of carbonyl (C=O) groups excluding carboxylic acids is 1. The van der Waals surface area contributed by atoms with Crippen LogP contribution in [0.5, 0.6) is 0 Å². The van der Waals surface area contributed by atoms with Crippen molar-refractivity contribution in [3.8, 4) is 0 Å². The van der Waals surface area contributed by atoms with Gasteiger partial charge in [-0.15, -0.1) is 11.8 Å². The van der Waals surface area contributed by atoms with Crippen LogP contribution in [0.1, 0.15) is 34.9 Å². The second kappa shape index (κ2) is 9.62. The molecule has 0 spiro atoms. The molecule has 4 rings (SSSR count). The summed E-state index contributed by atoms with van der Waals surface area (Å²) in [5.74, 6) is -0.210. The SMILES string of the molecule is CC(C)Cc1nn2c(=O)cc(CSc3ccccc3NC(=O)c3ccccc3F)nc2s1. The average molecular weight is 469 g/mol. The minimum absolute atomic E-state index is 0.0187. The highest BCUT2D eigenvalue weighted by molar-refractivity contribution is 7.98. The van der Waals surface area contributed by atoms with Crippen LogP contribution in [0.15, 0.2) is 64.3 Å². The van der Waals surface area contributed by atoms with Gasteiger partial charge in [-0.2, -0.15) is 9.61 Å². The predicted molar refractivity (Wildman–Crippen MR) is 126 cm³/mol. The summed E-state index contributed by atoms with van der Waals surface area (Å²) in [6.07, 6.45) is 0.798. The first-order valence-corrected chi connectivity index (χ1v) is 11.9. The van der Waals surface area contributed by atoms with Crippen molar-refractivity contribution in [2.45, 2.75) is 30.9 Å². The van der Waals surface area contributed by atoms with Crippen molar-refractivity contribution in [1.29, 1.82) is 0 Å². The van der Waals surface area contributed by atoms with E-state index in [-0.39, 0.29) is 11.1 Å². The molecule has 2 aromatic heterocycles. The molecule has 0 aliphatic heterocycles. The zero-order valence-corrected chi connectivity index (χ0v) is 19.2. The van der Waals surface area contributed by atoms with Gasteiger partial charge >= 0.3 is 0 Å². The number of rotatable bonds is 7. The average Bonchev–Trinajstić information content (AvgIpc) is 3.15. The lowest BCUT2D eigenvalue weighted by atomic mass is 10.1. The van der Waals surface area contributed by atoms with Crippen molar-refractivity contribution in [3.05, 3.63) is 87.0 Å². The van der Waals surface area contributed by atoms with Crippen LogP contribution in [0.4, 0.5) is 10.1 Å². The number of nitrogens with zero attached hydrogens (tertiary/aromatic N) is 3. The van der Waals surface area contributed by atoms with Gasteiger partial charge in [0.25, 0.3) is 11.5 Å². The van der Waals surface area contributed by atoms with E-state index < -0.39 is 11.7 Å². The molecule has 1 N–H and O–H groups in total. The molecular formula is C23H21FN4O2S2. The maximum absolute atomic E-state index is 13.9. The first kappa shape index (κ1) is 22.2. The van der Waals surface area contributed by atoms with Crippen LogP contribution in [0.2, 0.25) is 0 Å². The summed E-state index contributed by atoms with van der Waals surface area (Å²) < 4.78 is 15.3. The quantitative estimate of drug-likeness (QED) is 0.385. The number of carbonyl (C=O) groups is 1. The van der Waals surface area contributed by atoms with Gasteiger partial charge in [0, 0.05) is 23.1 Å². The molecule has 4 aromatic rings. The number of para-hydroxylation sites is 1. The number of benzene rings is 2. The second-order valence-electron chi connectivity index (χ2n) is 7.59. The molecule has 0 saturated heterocycles. The molecule has 0 unspecified atom stereocenters. The second-order valence-corrected chi connectivity index (χ2v) is 9.65. The molecule has 6 nitrogen and oxygen atoms in total.